The third-order valence-corrected chi connectivity index (χ3v) is 6.08. The number of fused-ring (bicyclic) bond motifs is 1. The topological polar surface area (TPSA) is 87.5 Å². The van der Waals surface area contributed by atoms with Crippen molar-refractivity contribution >= 4 is 23.4 Å². The van der Waals surface area contributed by atoms with E-state index in [1.807, 2.05) is 22.8 Å². The van der Waals surface area contributed by atoms with Gasteiger partial charge in [0.15, 0.2) is 16.7 Å². The van der Waals surface area contributed by atoms with Crippen LogP contribution < -0.4 is 14.8 Å². The van der Waals surface area contributed by atoms with Crippen molar-refractivity contribution in [2.24, 2.45) is 0 Å². The number of anilines is 1. The summed E-state index contributed by atoms with van der Waals surface area (Å²) in [6, 6.07) is 5.56. The number of thioether (sulfide) groups is 1. The molecule has 1 spiro atoms. The quantitative estimate of drug-likeness (QED) is 0.519. The van der Waals surface area contributed by atoms with E-state index in [0.717, 1.165) is 49.6 Å². The zero-order valence-corrected chi connectivity index (χ0v) is 17.4. The molecule has 29 heavy (non-hydrogen) atoms. The number of benzene rings is 1. The molecular weight excluding hydrogens is 392 g/mol. The molecule has 1 aliphatic carbocycles. The molecule has 0 radical (unpaired) electrons. The Bertz CT molecular complexity index is 851. The van der Waals surface area contributed by atoms with Gasteiger partial charge in [0.1, 0.15) is 6.33 Å². The lowest BCUT2D eigenvalue weighted by Gasteiger charge is -2.31. The van der Waals surface area contributed by atoms with E-state index in [9.17, 15) is 4.79 Å². The molecule has 1 N–H and O–H groups in total. The highest BCUT2D eigenvalue weighted by atomic mass is 32.2. The fourth-order valence-corrected chi connectivity index (χ4v) is 4.42. The van der Waals surface area contributed by atoms with Crippen molar-refractivity contribution in [2.75, 3.05) is 24.8 Å². The van der Waals surface area contributed by atoms with Gasteiger partial charge in [-0.25, -0.2) is 0 Å². The number of ether oxygens (including phenoxy) is 3. The minimum absolute atomic E-state index is 0.104. The van der Waals surface area contributed by atoms with Crippen molar-refractivity contribution in [2.45, 2.75) is 56.0 Å². The van der Waals surface area contributed by atoms with E-state index < -0.39 is 5.79 Å². The van der Waals surface area contributed by atoms with Gasteiger partial charge in [0.25, 0.3) is 5.79 Å². The van der Waals surface area contributed by atoms with Gasteiger partial charge in [-0.15, -0.1) is 10.2 Å². The Kier molecular flexibility index (Phi) is 6.25. The van der Waals surface area contributed by atoms with Crippen LogP contribution in [0.15, 0.2) is 29.7 Å². The largest absolute Gasteiger partial charge is 0.448 e. The molecule has 0 atom stereocenters. The zero-order valence-electron chi connectivity index (χ0n) is 16.6. The normalized spacial score (nSPS) is 16.9. The molecule has 1 aromatic heterocycles. The Labute approximate surface area is 174 Å². The van der Waals surface area contributed by atoms with Crippen molar-refractivity contribution < 1.29 is 19.0 Å². The maximum absolute atomic E-state index is 12.4. The average Bonchev–Trinajstić information content (AvgIpc) is 3.30. The Morgan fingerprint density at radius 3 is 2.93 bits per heavy atom. The molecule has 2 aromatic rings. The lowest BCUT2D eigenvalue weighted by molar-refractivity contribution is -0.113. The van der Waals surface area contributed by atoms with Gasteiger partial charge in [-0.1, -0.05) is 18.2 Å². The first-order chi connectivity index (χ1) is 14.2. The summed E-state index contributed by atoms with van der Waals surface area (Å²) in [7, 11) is 1.68. The molecule has 2 aliphatic rings. The summed E-state index contributed by atoms with van der Waals surface area (Å²) in [5.41, 5.74) is 0.701. The predicted octanol–water partition coefficient (Wildman–Crippen LogP) is 3.48. The standard InChI is InChI=1S/C20H26N4O4S/c1-26-11-5-10-24-14-21-23-19(24)29-13-18(25)22-15-6-7-16-17(12-15)28-20(27-16)8-3-2-4-9-20/h6-7,12,14H,2-5,8-11,13H2,1H3,(H,22,25). The molecule has 1 saturated carbocycles. The summed E-state index contributed by atoms with van der Waals surface area (Å²) in [4.78, 5) is 12.4. The first kappa shape index (κ1) is 20.0. The number of hydrogen-bond donors (Lipinski definition) is 1. The van der Waals surface area contributed by atoms with Crippen molar-refractivity contribution in [3.8, 4) is 11.5 Å². The molecule has 1 amide bonds. The number of methoxy groups -OCH3 is 1. The number of carbonyl (C=O) groups excluding carboxylic acids is 1. The molecule has 8 nitrogen and oxygen atoms in total. The van der Waals surface area contributed by atoms with Crippen LogP contribution >= 0.6 is 11.8 Å². The number of hydrogen-bond acceptors (Lipinski definition) is 7. The summed E-state index contributed by atoms with van der Waals surface area (Å²) in [6.45, 7) is 1.43. The third kappa shape index (κ3) is 4.84. The molecule has 2 heterocycles. The summed E-state index contributed by atoms with van der Waals surface area (Å²) in [5.74, 6) is 1.10. The minimum Gasteiger partial charge on any atom is -0.448 e. The number of nitrogens with one attached hydrogen (secondary N) is 1. The van der Waals surface area contributed by atoms with Crippen LogP contribution in [0.25, 0.3) is 0 Å². The SMILES string of the molecule is COCCCn1cnnc1SCC(=O)Nc1ccc2c(c1)OC1(CCCCC1)O2. The second kappa shape index (κ2) is 9.04. The third-order valence-electron chi connectivity index (χ3n) is 5.09. The Hall–Kier alpha value is -2.26. The lowest BCUT2D eigenvalue weighted by atomic mass is 9.94. The highest BCUT2D eigenvalue weighted by molar-refractivity contribution is 7.99. The predicted molar refractivity (Wildman–Crippen MR) is 109 cm³/mol. The Morgan fingerprint density at radius 2 is 2.10 bits per heavy atom. The second-order valence-corrected chi connectivity index (χ2v) is 8.27. The number of carbonyl (C=O) groups is 1. The van der Waals surface area contributed by atoms with E-state index in [1.54, 1.807) is 13.4 Å². The average molecular weight is 419 g/mol. The molecule has 0 unspecified atom stereocenters. The summed E-state index contributed by atoms with van der Waals surface area (Å²) in [5, 5.41) is 11.7. The second-order valence-electron chi connectivity index (χ2n) is 7.33. The van der Waals surface area contributed by atoms with Crippen molar-refractivity contribution in [1.82, 2.24) is 14.8 Å². The lowest BCUT2D eigenvalue weighted by Crippen LogP contribution is -2.40. The molecular formula is C20H26N4O4S. The van der Waals surface area contributed by atoms with Crippen LogP contribution in [0.5, 0.6) is 11.5 Å². The van der Waals surface area contributed by atoms with Gasteiger partial charge in [0.2, 0.25) is 5.91 Å². The van der Waals surface area contributed by atoms with Gasteiger partial charge in [0, 0.05) is 44.9 Å². The van der Waals surface area contributed by atoms with Gasteiger partial charge in [-0.2, -0.15) is 0 Å². The van der Waals surface area contributed by atoms with E-state index in [4.69, 9.17) is 14.2 Å². The van der Waals surface area contributed by atoms with E-state index in [2.05, 4.69) is 15.5 Å². The molecule has 1 aliphatic heterocycles. The monoisotopic (exact) mass is 418 g/mol. The molecule has 4 rings (SSSR count). The van der Waals surface area contributed by atoms with Crippen LogP contribution in [0.2, 0.25) is 0 Å². The van der Waals surface area contributed by atoms with Crippen LogP contribution in [0.3, 0.4) is 0 Å². The number of amides is 1. The summed E-state index contributed by atoms with van der Waals surface area (Å²) in [6.07, 6.45) is 7.82. The molecule has 0 saturated heterocycles. The maximum Gasteiger partial charge on any atom is 0.251 e. The minimum atomic E-state index is -0.508. The highest BCUT2D eigenvalue weighted by Gasteiger charge is 2.42. The van der Waals surface area contributed by atoms with E-state index in [0.29, 0.717) is 18.0 Å². The maximum atomic E-state index is 12.4. The van der Waals surface area contributed by atoms with E-state index in [1.165, 1.54) is 18.2 Å². The van der Waals surface area contributed by atoms with Gasteiger partial charge < -0.3 is 24.1 Å². The van der Waals surface area contributed by atoms with E-state index >= 15 is 0 Å². The van der Waals surface area contributed by atoms with Crippen LogP contribution in [0.1, 0.15) is 38.5 Å². The fraction of sp³-hybridized carbons (Fsp3) is 0.550. The van der Waals surface area contributed by atoms with Gasteiger partial charge >= 0.3 is 0 Å². The van der Waals surface area contributed by atoms with Crippen LogP contribution in [-0.2, 0) is 16.1 Å². The van der Waals surface area contributed by atoms with E-state index in [-0.39, 0.29) is 11.7 Å². The van der Waals surface area contributed by atoms with Crippen LogP contribution in [0.4, 0.5) is 5.69 Å². The van der Waals surface area contributed by atoms with Crippen LogP contribution in [0, 0.1) is 0 Å². The smallest absolute Gasteiger partial charge is 0.251 e. The molecule has 1 aromatic carbocycles. The summed E-state index contributed by atoms with van der Waals surface area (Å²) < 4.78 is 19.2. The number of aromatic nitrogens is 3. The summed E-state index contributed by atoms with van der Waals surface area (Å²) >= 11 is 1.36. The number of rotatable bonds is 8. The van der Waals surface area contributed by atoms with Crippen molar-refractivity contribution in [1.29, 1.82) is 0 Å². The van der Waals surface area contributed by atoms with Gasteiger partial charge in [0.05, 0.1) is 5.75 Å². The first-order valence-corrected chi connectivity index (χ1v) is 11.0. The van der Waals surface area contributed by atoms with Gasteiger partial charge in [-0.05, 0) is 31.4 Å². The van der Waals surface area contributed by atoms with Crippen molar-refractivity contribution in [3.05, 3.63) is 24.5 Å². The fourth-order valence-electron chi connectivity index (χ4n) is 3.68. The highest BCUT2D eigenvalue weighted by Crippen LogP contribution is 2.46. The van der Waals surface area contributed by atoms with Crippen molar-refractivity contribution in [3.63, 3.8) is 0 Å². The molecule has 1 fully saturated rings. The van der Waals surface area contributed by atoms with Crippen LogP contribution in [-0.4, -0.2) is 45.9 Å². The van der Waals surface area contributed by atoms with Gasteiger partial charge in [-0.3, -0.25) is 4.79 Å². The zero-order chi connectivity index (χ0) is 20.1. The first-order valence-electron chi connectivity index (χ1n) is 9.99. The molecule has 0 bridgehead atoms. The molecule has 9 heteroatoms. The molecule has 156 valence electrons. The number of aryl methyl sites for hydroxylation is 1. The Morgan fingerprint density at radius 1 is 1.28 bits per heavy atom. The number of nitrogens with zero attached hydrogens (tertiary/aromatic N) is 3. The Balaban J connectivity index is 1.30.